The SMILES string of the molecule is Cc1ccc(C)c(OC/C(=C/C(=O)O)C2CC2)c1. The summed E-state index contributed by atoms with van der Waals surface area (Å²) in [5, 5.41) is 8.82. The number of ether oxygens (including phenoxy) is 1. The minimum atomic E-state index is -0.888. The Kier molecular flexibility index (Phi) is 3.70. The molecule has 0 unspecified atom stereocenters. The lowest BCUT2D eigenvalue weighted by Gasteiger charge is -2.11. The first-order chi connectivity index (χ1) is 8.56. The lowest BCUT2D eigenvalue weighted by Crippen LogP contribution is -2.06. The summed E-state index contributed by atoms with van der Waals surface area (Å²) in [6, 6.07) is 6.04. The predicted octanol–water partition coefficient (Wildman–Crippen LogP) is 3.10. The van der Waals surface area contributed by atoms with Crippen molar-refractivity contribution in [3.63, 3.8) is 0 Å². The van der Waals surface area contributed by atoms with Gasteiger partial charge in [0.1, 0.15) is 12.4 Å². The minimum Gasteiger partial charge on any atom is -0.489 e. The summed E-state index contributed by atoms with van der Waals surface area (Å²) in [4.78, 5) is 10.7. The van der Waals surface area contributed by atoms with Gasteiger partial charge in [0.25, 0.3) is 0 Å². The van der Waals surface area contributed by atoms with E-state index >= 15 is 0 Å². The third kappa shape index (κ3) is 3.36. The largest absolute Gasteiger partial charge is 0.489 e. The van der Waals surface area contributed by atoms with Gasteiger partial charge in [-0.2, -0.15) is 0 Å². The van der Waals surface area contributed by atoms with Crippen LogP contribution in [0.25, 0.3) is 0 Å². The molecular formula is C15H18O3. The molecule has 2 rings (SSSR count). The van der Waals surface area contributed by atoms with Crippen LogP contribution in [0.4, 0.5) is 0 Å². The maximum atomic E-state index is 10.7. The summed E-state index contributed by atoms with van der Waals surface area (Å²) in [7, 11) is 0. The Labute approximate surface area is 107 Å². The van der Waals surface area contributed by atoms with Crippen molar-refractivity contribution >= 4 is 5.97 Å². The van der Waals surface area contributed by atoms with Crippen molar-refractivity contribution < 1.29 is 14.6 Å². The Morgan fingerprint density at radius 3 is 2.78 bits per heavy atom. The van der Waals surface area contributed by atoms with Crippen LogP contribution < -0.4 is 4.74 Å². The highest BCUT2D eigenvalue weighted by Gasteiger charge is 2.27. The summed E-state index contributed by atoms with van der Waals surface area (Å²) < 4.78 is 5.75. The molecule has 0 spiro atoms. The molecule has 0 amide bonds. The van der Waals surface area contributed by atoms with Gasteiger partial charge >= 0.3 is 5.97 Å². The molecular weight excluding hydrogens is 228 g/mol. The van der Waals surface area contributed by atoms with Crippen LogP contribution >= 0.6 is 0 Å². The molecule has 3 nitrogen and oxygen atoms in total. The van der Waals surface area contributed by atoms with Crippen molar-refractivity contribution in [2.24, 2.45) is 5.92 Å². The van der Waals surface area contributed by atoms with Crippen LogP contribution in [0.5, 0.6) is 5.75 Å². The van der Waals surface area contributed by atoms with Crippen LogP contribution in [0.1, 0.15) is 24.0 Å². The molecule has 0 aliphatic heterocycles. The first-order valence-corrected chi connectivity index (χ1v) is 6.19. The minimum absolute atomic E-state index is 0.376. The van der Waals surface area contributed by atoms with Crippen molar-refractivity contribution in [1.82, 2.24) is 0 Å². The van der Waals surface area contributed by atoms with Crippen molar-refractivity contribution in [3.8, 4) is 5.75 Å². The molecule has 1 aliphatic rings. The van der Waals surface area contributed by atoms with E-state index in [1.54, 1.807) is 0 Å². The monoisotopic (exact) mass is 246 g/mol. The molecule has 96 valence electrons. The number of aliphatic carboxylic acids is 1. The second-order valence-electron chi connectivity index (χ2n) is 4.89. The predicted molar refractivity (Wildman–Crippen MR) is 69.9 cm³/mol. The summed E-state index contributed by atoms with van der Waals surface area (Å²) in [5.74, 6) is 0.361. The van der Waals surface area contributed by atoms with E-state index in [-0.39, 0.29) is 0 Å². The maximum Gasteiger partial charge on any atom is 0.328 e. The molecule has 1 N–H and O–H groups in total. The normalized spacial score (nSPS) is 15.6. The Hall–Kier alpha value is -1.77. The van der Waals surface area contributed by atoms with E-state index < -0.39 is 5.97 Å². The van der Waals surface area contributed by atoms with E-state index in [2.05, 4.69) is 0 Å². The number of rotatable bonds is 5. The summed E-state index contributed by atoms with van der Waals surface area (Å²) in [6.45, 7) is 4.38. The Morgan fingerprint density at radius 2 is 2.17 bits per heavy atom. The van der Waals surface area contributed by atoms with Crippen LogP contribution in [0.3, 0.4) is 0 Å². The molecule has 1 aliphatic carbocycles. The van der Waals surface area contributed by atoms with E-state index in [1.165, 1.54) is 6.08 Å². The molecule has 0 radical (unpaired) electrons. The molecule has 1 aromatic carbocycles. The fraction of sp³-hybridized carbons (Fsp3) is 0.400. The number of benzene rings is 1. The zero-order valence-corrected chi connectivity index (χ0v) is 10.8. The highest BCUT2D eigenvalue weighted by Crippen LogP contribution is 2.36. The van der Waals surface area contributed by atoms with Crippen LogP contribution in [-0.4, -0.2) is 17.7 Å². The summed E-state index contributed by atoms with van der Waals surface area (Å²) in [6.07, 6.45) is 3.45. The summed E-state index contributed by atoms with van der Waals surface area (Å²) >= 11 is 0. The molecule has 0 bridgehead atoms. The average molecular weight is 246 g/mol. The molecule has 1 saturated carbocycles. The Morgan fingerprint density at radius 1 is 1.44 bits per heavy atom. The second kappa shape index (κ2) is 5.25. The molecule has 18 heavy (non-hydrogen) atoms. The van der Waals surface area contributed by atoms with E-state index in [0.29, 0.717) is 12.5 Å². The van der Waals surface area contributed by atoms with E-state index in [1.807, 2.05) is 32.0 Å². The number of hydrogen-bond acceptors (Lipinski definition) is 2. The zero-order chi connectivity index (χ0) is 13.1. The number of aryl methyl sites for hydroxylation is 2. The van der Waals surface area contributed by atoms with E-state index in [4.69, 9.17) is 9.84 Å². The smallest absolute Gasteiger partial charge is 0.328 e. The second-order valence-corrected chi connectivity index (χ2v) is 4.89. The quantitative estimate of drug-likeness (QED) is 0.812. The molecule has 0 heterocycles. The van der Waals surface area contributed by atoms with Crippen LogP contribution in [0, 0.1) is 19.8 Å². The lowest BCUT2D eigenvalue weighted by atomic mass is 10.1. The standard InChI is InChI=1S/C15H18O3/c1-10-3-4-11(2)14(7-10)18-9-13(8-15(16)17)12-5-6-12/h3-4,7-8,12H,5-6,9H2,1-2H3,(H,16,17)/b13-8-. The van der Waals surface area contributed by atoms with Gasteiger partial charge in [-0.1, -0.05) is 12.1 Å². The van der Waals surface area contributed by atoms with Crippen LogP contribution in [0.15, 0.2) is 29.8 Å². The molecule has 0 atom stereocenters. The molecule has 1 fully saturated rings. The van der Waals surface area contributed by atoms with Crippen molar-refractivity contribution in [1.29, 1.82) is 0 Å². The van der Waals surface area contributed by atoms with Gasteiger partial charge in [-0.15, -0.1) is 0 Å². The Balaban J connectivity index is 2.05. The van der Waals surface area contributed by atoms with Gasteiger partial charge in [0, 0.05) is 6.08 Å². The van der Waals surface area contributed by atoms with Gasteiger partial charge in [0.2, 0.25) is 0 Å². The average Bonchev–Trinajstić information content (AvgIpc) is 3.12. The molecule has 0 aromatic heterocycles. The van der Waals surface area contributed by atoms with Crippen molar-refractivity contribution in [3.05, 3.63) is 41.0 Å². The highest BCUT2D eigenvalue weighted by atomic mass is 16.5. The number of carbonyl (C=O) groups is 1. The van der Waals surface area contributed by atoms with Crippen molar-refractivity contribution in [2.75, 3.05) is 6.61 Å². The maximum absolute atomic E-state index is 10.7. The number of hydrogen-bond donors (Lipinski definition) is 1. The highest BCUT2D eigenvalue weighted by molar-refractivity contribution is 5.80. The first kappa shape index (κ1) is 12.7. The van der Waals surface area contributed by atoms with Gasteiger partial charge in [-0.3, -0.25) is 0 Å². The van der Waals surface area contributed by atoms with Gasteiger partial charge < -0.3 is 9.84 Å². The third-order valence-electron chi connectivity index (χ3n) is 3.15. The fourth-order valence-corrected chi connectivity index (χ4v) is 1.91. The van der Waals surface area contributed by atoms with Gasteiger partial charge in [0.05, 0.1) is 0 Å². The fourth-order valence-electron chi connectivity index (χ4n) is 1.91. The zero-order valence-electron chi connectivity index (χ0n) is 10.8. The van der Waals surface area contributed by atoms with Crippen LogP contribution in [0.2, 0.25) is 0 Å². The third-order valence-corrected chi connectivity index (χ3v) is 3.15. The summed E-state index contributed by atoms with van der Waals surface area (Å²) in [5.41, 5.74) is 3.11. The van der Waals surface area contributed by atoms with Crippen LogP contribution in [-0.2, 0) is 4.79 Å². The molecule has 1 aromatic rings. The van der Waals surface area contributed by atoms with Gasteiger partial charge in [0.15, 0.2) is 0 Å². The number of carboxylic acids is 1. The topological polar surface area (TPSA) is 46.5 Å². The first-order valence-electron chi connectivity index (χ1n) is 6.19. The van der Waals surface area contributed by atoms with E-state index in [9.17, 15) is 4.79 Å². The van der Waals surface area contributed by atoms with Gasteiger partial charge in [-0.05, 0) is 55.4 Å². The number of carboxylic acid groups (broad SMARTS) is 1. The van der Waals surface area contributed by atoms with E-state index in [0.717, 1.165) is 35.3 Å². The molecule has 3 heteroatoms. The lowest BCUT2D eigenvalue weighted by molar-refractivity contribution is -0.131. The Bertz CT molecular complexity index is 485. The van der Waals surface area contributed by atoms with Crippen molar-refractivity contribution in [2.45, 2.75) is 26.7 Å². The molecule has 0 saturated heterocycles. The van der Waals surface area contributed by atoms with Gasteiger partial charge in [-0.25, -0.2) is 4.79 Å².